The van der Waals surface area contributed by atoms with Crippen molar-refractivity contribution in [2.45, 2.75) is 71.4 Å². The quantitative estimate of drug-likeness (QED) is 0.0788. The molecule has 0 saturated heterocycles. The number of amides is 1. The molecule has 0 heterocycles. The maximum absolute atomic E-state index is 12.9. The molecule has 1 unspecified atom stereocenters. The Bertz CT molecular complexity index is 924. The van der Waals surface area contributed by atoms with E-state index in [0.717, 1.165) is 6.42 Å². The lowest BCUT2D eigenvalue weighted by Gasteiger charge is -2.13. The third-order valence-corrected chi connectivity index (χ3v) is 5.07. The Morgan fingerprint density at radius 2 is 1.33 bits per heavy atom. The van der Waals surface area contributed by atoms with Gasteiger partial charge in [-0.1, -0.05) is 112 Å². The van der Waals surface area contributed by atoms with Crippen molar-refractivity contribution in [1.82, 2.24) is 5.32 Å². The van der Waals surface area contributed by atoms with Crippen LogP contribution in [-0.4, -0.2) is 18.1 Å². The number of hydrogen-bond acceptors (Lipinski definition) is 3. The van der Waals surface area contributed by atoms with E-state index in [4.69, 9.17) is 4.74 Å². The predicted molar refractivity (Wildman–Crippen MR) is 147 cm³/mol. The Morgan fingerprint density at radius 1 is 0.806 bits per heavy atom. The molecule has 0 saturated carbocycles. The molecule has 36 heavy (non-hydrogen) atoms. The third kappa shape index (κ3) is 17.0. The summed E-state index contributed by atoms with van der Waals surface area (Å²) < 4.78 is 18.0. The topological polar surface area (TPSA) is 55.4 Å². The van der Waals surface area contributed by atoms with E-state index in [1.54, 1.807) is 25.2 Å². The number of esters is 1. The number of ether oxygens (including phenoxy) is 1. The average molecular weight is 494 g/mol. The number of benzene rings is 1. The first-order valence-electron chi connectivity index (χ1n) is 12.8. The fourth-order valence-electron chi connectivity index (χ4n) is 3.14. The summed E-state index contributed by atoms with van der Waals surface area (Å²) in [6, 6.07) is 5.00. The van der Waals surface area contributed by atoms with Crippen LogP contribution >= 0.6 is 0 Å². The van der Waals surface area contributed by atoms with E-state index >= 15 is 0 Å². The molecule has 0 spiro atoms. The molecule has 194 valence electrons. The van der Waals surface area contributed by atoms with Crippen LogP contribution in [0.3, 0.4) is 0 Å². The zero-order valence-electron chi connectivity index (χ0n) is 21.6. The van der Waals surface area contributed by atoms with Crippen molar-refractivity contribution in [3.05, 3.63) is 109 Å². The SMILES string of the molecule is CCCCCCCCCC=CC=CC=CC=CC=CC=CC(=O)NC(C)OC(=O)c1ccc(F)cc1. The molecule has 0 radical (unpaired) electrons. The van der Waals surface area contributed by atoms with Gasteiger partial charge in [0.25, 0.3) is 0 Å². The molecule has 0 fully saturated rings. The van der Waals surface area contributed by atoms with E-state index < -0.39 is 23.9 Å². The van der Waals surface area contributed by atoms with Gasteiger partial charge < -0.3 is 10.1 Å². The Hall–Kier alpha value is -3.47. The molecule has 0 aliphatic heterocycles. The van der Waals surface area contributed by atoms with Crippen LogP contribution in [0.2, 0.25) is 0 Å². The molecule has 4 nitrogen and oxygen atoms in total. The Morgan fingerprint density at radius 3 is 1.94 bits per heavy atom. The number of rotatable bonds is 17. The number of carbonyl (C=O) groups excluding carboxylic acids is 2. The van der Waals surface area contributed by atoms with Crippen LogP contribution in [0, 0.1) is 5.82 Å². The zero-order valence-corrected chi connectivity index (χ0v) is 21.6. The van der Waals surface area contributed by atoms with Gasteiger partial charge in [-0.2, -0.15) is 0 Å². The lowest BCUT2D eigenvalue weighted by atomic mass is 10.1. The van der Waals surface area contributed by atoms with Gasteiger partial charge in [0.1, 0.15) is 5.82 Å². The second-order valence-electron chi connectivity index (χ2n) is 8.30. The Balaban J connectivity index is 2.15. The highest BCUT2D eigenvalue weighted by Crippen LogP contribution is 2.08. The molecule has 1 aromatic rings. The molecular weight excluding hydrogens is 453 g/mol. The van der Waals surface area contributed by atoms with Crippen molar-refractivity contribution in [3.8, 4) is 0 Å². The monoisotopic (exact) mass is 493 g/mol. The Kier molecular flexibility index (Phi) is 17.7. The minimum atomic E-state index is -0.822. The molecule has 0 aliphatic rings. The minimum Gasteiger partial charge on any atom is -0.438 e. The summed E-state index contributed by atoms with van der Waals surface area (Å²) in [6.45, 7) is 3.79. The Labute approximate surface area is 216 Å². The van der Waals surface area contributed by atoms with E-state index in [2.05, 4.69) is 24.4 Å². The first kappa shape index (κ1) is 30.6. The van der Waals surface area contributed by atoms with E-state index in [0.29, 0.717) is 0 Å². The number of hydrogen-bond donors (Lipinski definition) is 1. The number of allylic oxidation sites excluding steroid dienone is 11. The molecule has 0 aliphatic carbocycles. The summed E-state index contributed by atoms with van der Waals surface area (Å²) in [5.41, 5.74) is 0.211. The van der Waals surface area contributed by atoms with Gasteiger partial charge in [0.05, 0.1) is 5.56 Å². The summed E-state index contributed by atoms with van der Waals surface area (Å²) in [7, 11) is 0. The molecule has 1 amide bonds. The highest BCUT2D eigenvalue weighted by molar-refractivity contribution is 5.90. The fourth-order valence-corrected chi connectivity index (χ4v) is 3.14. The molecule has 5 heteroatoms. The zero-order chi connectivity index (χ0) is 26.3. The fraction of sp³-hybridized carbons (Fsp3) is 0.355. The maximum Gasteiger partial charge on any atom is 0.340 e. The van der Waals surface area contributed by atoms with Gasteiger partial charge in [-0.05, 0) is 44.0 Å². The molecule has 0 aromatic heterocycles. The average Bonchev–Trinajstić information content (AvgIpc) is 2.85. The van der Waals surface area contributed by atoms with Crippen LogP contribution in [-0.2, 0) is 9.53 Å². The first-order chi connectivity index (χ1) is 17.5. The summed E-state index contributed by atoms with van der Waals surface area (Å²) in [6.07, 6.45) is 32.1. The highest BCUT2D eigenvalue weighted by Gasteiger charge is 2.12. The van der Waals surface area contributed by atoms with Crippen molar-refractivity contribution in [1.29, 1.82) is 0 Å². The van der Waals surface area contributed by atoms with E-state index in [1.807, 2.05) is 36.5 Å². The van der Waals surface area contributed by atoms with Gasteiger partial charge in [-0.25, -0.2) is 9.18 Å². The lowest BCUT2D eigenvalue weighted by molar-refractivity contribution is -0.119. The first-order valence-corrected chi connectivity index (χ1v) is 12.8. The summed E-state index contributed by atoms with van der Waals surface area (Å²) in [4.78, 5) is 23.8. The number of unbranched alkanes of at least 4 members (excludes halogenated alkanes) is 7. The van der Waals surface area contributed by atoms with E-state index in [1.165, 1.54) is 75.3 Å². The summed E-state index contributed by atoms with van der Waals surface area (Å²) >= 11 is 0. The van der Waals surface area contributed by atoms with Crippen LogP contribution in [0.25, 0.3) is 0 Å². The molecule has 0 bridgehead atoms. The molecule has 1 rings (SSSR count). The maximum atomic E-state index is 12.9. The van der Waals surface area contributed by atoms with E-state index in [9.17, 15) is 14.0 Å². The van der Waals surface area contributed by atoms with Gasteiger partial charge in [-0.15, -0.1) is 0 Å². The van der Waals surface area contributed by atoms with E-state index in [-0.39, 0.29) is 5.56 Å². The number of carbonyl (C=O) groups is 2. The number of nitrogens with one attached hydrogen (secondary N) is 1. The normalized spacial score (nSPS) is 13.2. The molecule has 1 atom stereocenters. The summed E-state index contributed by atoms with van der Waals surface area (Å²) in [5.74, 6) is -1.47. The highest BCUT2D eigenvalue weighted by atomic mass is 19.1. The largest absolute Gasteiger partial charge is 0.438 e. The minimum absolute atomic E-state index is 0.211. The van der Waals surface area contributed by atoms with Crippen LogP contribution in [0.15, 0.2) is 97.2 Å². The van der Waals surface area contributed by atoms with Crippen molar-refractivity contribution >= 4 is 11.9 Å². The van der Waals surface area contributed by atoms with Gasteiger partial charge in [0, 0.05) is 6.08 Å². The smallest absolute Gasteiger partial charge is 0.340 e. The van der Waals surface area contributed by atoms with Gasteiger partial charge >= 0.3 is 5.97 Å². The van der Waals surface area contributed by atoms with Gasteiger partial charge in [0.15, 0.2) is 6.23 Å². The number of halogens is 1. The van der Waals surface area contributed by atoms with Crippen molar-refractivity contribution in [3.63, 3.8) is 0 Å². The molecular formula is C31H40FNO3. The van der Waals surface area contributed by atoms with Crippen LogP contribution in [0.1, 0.15) is 75.6 Å². The molecule has 1 aromatic carbocycles. The van der Waals surface area contributed by atoms with Gasteiger partial charge in [-0.3, -0.25) is 4.79 Å². The second kappa shape index (κ2) is 20.9. The third-order valence-electron chi connectivity index (χ3n) is 5.07. The molecule has 1 N–H and O–H groups in total. The van der Waals surface area contributed by atoms with Crippen molar-refractivity contribution < 1.29 is 18.7 Å². The van der Waals surface area contributed by atoms with Crippen LogP contribution in [0.5, 0.6) is 0 Å². The van der Waals surface area contributed by atoms with Crippen molar-refractivity contribution in [2.24, 2.45) is 0 Å². The summed E-state index contributed by atoms with van der Waals surface area (Å²) in [5, 5.41) is 2.53. The van der Waals surface area contributed by atoms with Crippen LogP contribution < -0.4 is 5.32 Å². The second-order valence-corrected chi connectivity index (χ2v) is 8.30. The standard InChI is InChI=1S/C31H40FNO3/c1-3-4-5-6-7-8-9-10-11-12-13-14-15-16-17-18-19-20-21-22-30(34)33-27(2)36-31(35)28-23-25-29(32)26-24-28/h11-27H,3-10H2,1-2H3,(H,33,34). The predicted octanol–water partition coefficient (Wildman–Crippen LogP) is 7.92. The van der Waals surface area contributed by atoms with Crippen molar-refractivity contribution in [2.75, 3.05) is 0 Å². The van der Waals surface area contributed by atoms with Crippen LogP contribution in [0.4, 0.5) is 4.39 Å². The van der Waals surface area contributed by atoms with Gasteiger partial charge in [0.2, 0.25) is 5.91 Å². The lowest BCUT2D eigenvalue weighted by Crippen LogP contribution is -2.35.